The van der Waals surface area contributed by atoms with Crippen LogP contribution in [0.3, 0.4) is 0 Å². The second-order valence-corrected chi connectivity index (χ2v) is 4.72. The first kappa shape index (κ1) is 17.9. The van der Waals surface area contributed by atoms with Gasteiger partial charge >= 0.3 is 6.61 Å². The lowest BCUT2D eigenvalue weighted by Crippen LogP contribution is -2.20. The minimum absolute atomic E-state index is 0.0588. The van der Waals surface area contributed by atoms with Crippen molar-refractivity contribution in [1.29, 1.82) is 0 Å². The van der Waals surface area contributed by atoms with Crippen molar-refractivity contribution in [2.24, 2.45) is 0 Å². The van der Waals surface area contributed by atoms with Crippen molar-refractivity contribution < 1.29 is 23.1 Å². The van der Waals surface area contributed by atoms with Gasteiger partial charge in [0.05, 0.1) is 5.69 Å². The molecule has 0 spiro atoms. The van der Waals surface area contributed by atoms with Crippen molar-refractivity contribution in [3.63, 3.8) is 0 Å². The Morgan fingerprint density at radius 3 is 2.59 bits per heavy atom. The predicted octanol–water partition coefficient (Wildman–Crippen LogP) is 2.92. The van der Waals surface area contributed by atoms with Crippen LogP contribution in [0, 0.1) is 0 Å². The Kier molecular flexibility index (Phi) is 7.88. The maximum absolute atomic E-state index is 12.3. The van der Waals surface area contributed by atoms with E-state index in [1.807, 2.05) is 0 Å². The minimum Gasteiger partial charge on any atom is -0.433 e. The van der Waals surface area contributed by atoms with Crippen LogP contribution in [0.15, 0.2) is 24.3 Å². The number of amides is 2. The van der Waals surface area contributed by atoms with Gasteiger partial charge in [-0.2, -0.15) is 8.78 Å². The zero-order valence-corrected chi connectivity index (χ0v) is 12.4. The first-order valence-corrected chi connectivity index (χ1v) is 7.07. The number of carbonyl (C=O) groups is 2. The second-order valence-electron chi connectivity index (χ2n) is 4.72. The molecule has 0 heterocycles. The molecule has 5 nitrogen and oxygen atoms in total. The van der Waals surface area contributed by atoms with E-state index in [4.69, 9.17) is 0 Å². The zero-order chi connectivity index (χ0) is 16.4. The fraction of sp³-hybridized carbons (Fsp3) is 0.467. The molecule has 122 valence electrons. The van der Waals surface area contributed by atoms with E-state index in [9.17, 15) is 18.4 Å². The molecule has 0 bridgehead atoms. The van der Waals surface area contributed by atoms with E-state index in [1.54, 1.807) is 12.1 Å². The highest BCUT2D eigenvalue weighted by molar-refractivity contribution is 5.92. The largest absolute Gasteiger partial charge is 0.433 e. The van der Waals surface area contributed by atoms with Crippen LogP contribution in [0.2, 0.25) is 0 Å². The molecule has 22 heavy (non-hydrogen) atoms. The third-order valence-corrected chi connectivity index (χ3v) is 2.83. The van der Waals surface area contributed by atoms with Crippen LogP contribution >= 0.6 is 0 Å². The molecule has 0 unspecified atom stereocenters. The molecule has 1 aromatic carbocycles. The van der Waals surface area contributed by atoms with Crippen molar-refractivity contribution in [3.8, 4) is 5.75 Å². The summed E-state index contributed by atoms with van der Waals surface area (Å²) in [7, 11) is 0. The van der Waals surface area contributed by atoms with Gasteiger partial charge in [-0.3, -0.25) is 9.59 Å². The highest BCUT2D eigenvalue weighted by Crippen LogP contribution is 2.25. The van der Waals surface area contributed by atoms with Gasteiger partial charge in [0, 0.05) is 19.9 Å². The lowest BCUT2D eigenvalue weighted by Gasteiger charge is -2.11. The van der Waals surface area contributed by atoms with Gasteiger partial charge in [-0.15, -0.1) is 0 Å². The van der Waals surface area contributed by atoms with Crippen LogP contribution in [0.4, 0.5) is 14.5 Å². The summed E-state index contributed by atoms with van der Waals surface area (Å²) >= 11 is 0. The van der Waals surface area contributed by atoms with Crippen molar-refractivity contribution in [1.82, 2.24) is 5.32 Å². The summed E-state index contributed by atoms with van der Waals surface area (Å²) in [6, 6.07) is 6.05. The van der Waals surface area contributed by atoms with Crippen molar-refractivity contribution in [2.45, 2.75) is 39.2 Å². The van der Waals surface area contributed by atoms with Gasteiger partial charge in [-0.1, -0.05) is 18.6 Å². The quantitative estimate of drug-likeness (QED) is 0.689. The number of halogens is 2. The number of carbonyl (C=O) groups excluding carboxylic acids is 2. The van der Waals surface area contributed by atoms with Gasteiger partial charge < -0.3 is 15.4 Å². The summed E-state index contributed by atoms with van der Waals surface area (Å²) in [6.45, 7) is -0.902. The smallest absolute Gasteiger partial charge is 0.387 e. The van der Waals surface area contributed by atoms with Gasteiger partial charge in [-0.25, -0.2) is 0 Å². The molecule has 0 aliphatic rings. The summed E-state index contributed by atoms with van der Waals surface area (Å²) in [4.78, 5) is 22.4. The SMILES string of the molecule is CC(=O)NCCCCCC(=O)Nc1ccccc1OC(F)F. The van der Waals surface area contributed by atoms with Crippen molar-refractivity contribution in [2.75, 3.05) is 11.9 Å². The third-order valence-electron chi connectivity index (χ3n) is 2.83. The molecule has 0 fully saturated rings. The summed E-state index contributed by atoms with van der Waals surface area (Å²) in [6.07, 6.45) is 2.52. The molecule has 0 saturated carbocycles. The normalized spacial score (nSPS) is 10.4. The van der Waals surface area contributed by atoms with Gasteiger partial charge in [0.2, 0.25) is 11.8 Å². The van der Waals surface area contributed by atoms with Crippen LogP contribution in [-0.2, 0) is 9.59 Å². The second kappa shape index (κ2) is 9.70. The molecule has 2 N–H and O–H groups in total. The van der Waals surface area contributed by atoms with E-state index in [2.05, 4.69) is 15.4 Å². The lowest BCUT2D eigenvalue weighted by atomic mass is 10.2. The average Bonchev–Trinajstić information content (AvgIpc) is 2.44. The van der Waals surface area contributed by atoms with Gasteiger partial charge in [0.1, 0.15) is 5.75 Å². The zero-order valence-electron chi connectivity index (χ0n) is 12.4. The number of rotatable bonds is 9. The van der Waals surface area contributed by atoms with E-state index < -0.39 is 6.61 Å². The predicted molar refractivity (Wildman–Crippen MR) is 78.9 cm³/mol. The maximum atomic E-state index is 12.3. The molecule has 0 saturated heterocycles. The molecular formula is C15H20F2N2O3. The Balaban J connectivity index is 2.31. The monoisotopic (exact) mass is 314 g/mol. The fourth-order valence-electron chi connectivity index (χ4n) is 1.83. The molecule has 2 amide bonds. The van der Waals surface area contributed by atoms with E-state index >= 15 is 0 Å². The molecule has 7 heteroatoms. The molecule has 0 aromatic heterocycles. The van der Waals surface area contributed by atoms with Gasteiger partial charge in [0.15, 0.2) is 0 Å². The number of nitrogens with one attached hydrogen (secondary N) is 2. The number of benzene rings is 1. The average molecular weight is 314 g/mol. The number of para-hydroxylation sites is 2. The lowest BCUT2D eigenvalue weighted by molar-refractivity contribution is -0.119. The summed E-state index contributed by atoms with van der Waals surface area (Å²) in [5.41, 5.74) is 0.228. The van der Waals surface area contributed by atoms with E-state index in [0.29, 0.717) is 13.0 Å². The minimum atomic E-state index is -2.94. The number of alkyl halides is 2. The molecule has 0 aliphatic heterocycles. The van der Waals surface area contributed by atoms with Crippen LogP contribution in [-0.4, -0.2) is 25.0 Å². The molecule has 0 atom stereocenters. The molecule has 0 radical (unpaired) electrons. The first-order valence-electron chi connectivity index (χ1n) is 7.07. The fourth-order valence-corrected chi connectivity index (χ4v) is 1.83. The van der Waals surface area contributed by atoms with E-state index in [1.165, 1.54) is 19.1 Å². The van der Waals surface area contributed by atoms with Crippen molar-refractivity contribution in [3.05, 3.63) is 24.3 Å². The Hall–Kier alpha value is -2.18. The van der Waals surface area contributed by atoms with Crippen LogP contribution in [0.1, 0.15) is 32.6 Å². The Morgan fingerprint density at radius 1 is 1.18 bits per heavy atom. The maximum Gasteiger partial charge on any atom is 0.387 e. The third kappa shape index (κ3) is 7.56. The summed E-state index contributed by atoms with van der Waals surface area (Å²) < 4.78 is 28.8. The van der Waals surface area contributed by atoms with E-state index in [0.717, 1.165) is 12.8 Å². The Labute approximate surface area is 128 Å². The number of unbranched alkanes of at least 4 members (excludes halogenated alkanes) is 2. The molecule has 1 aromatic rings. The topological polar surface area (TPSA) is 67.4 Å². The van der Waals surface area contributed by atoms with Crippen molar-refractivity contribution >= 4 is 17.5 Å². The number of ether oxygens (including phenoxy) is 1. The summed E-state index contributed by atoms with van der Waals surface area (Å²) in [5.74, 6) is -0.394. The van der Waals surface area contributed by atoms with E-state index in [-0.39, 0.29) is 29.7 Å². The number of anilines is 1. The molecule has 0 aliphatic carbocycles. The molecule has 1 rings (SSSR count). The van der Waals surface area contributed by atoms with Crippen LogP contribution in [0.25, 0.3) is 0 Å². The van der Waals surface area contributed by atoms with Gasteiger partial charge in [-0.05, 0) is 25.0 Å². The first-order chi connectivity index (χ1) is 10.5. The Bertz CT molecular complexity index is 495. The molecular weight excluding hydrogens is 294 g/mol. The van der Waals surface area contributed by atoms with Crippen LogP contribution < -0.4 is 15.4 Å². The van der Waals surface area contributed by atoms with Gasteiger partial charge in [0.25, 0.3) is 0 Å². The standard InChI is InChI=1S/C15H20F2N2O3/c1-11(20)18-10-6-2-3-9-14(21)19-12-7-4-5-8-13(12)22-15(16)17/h4-5,7-8,15H,2-3,6,9-10H2,1H3,(H,18,20)(H,19,21). The highest BCUT2D eigenvalue weighted by atomic mass is 19.3. The summed E-state index contributed by atoms with van der Waals surface area (Å²) in [5, 5.41) is 5.23. The number of hydrogen-bond donors (Lipinski definition) is 2. The highest BCUT2D eigenvalue weighted by Gasteiger charge is 2.11. The number of hydrogen-bond acceptors (Lipinski definition) is 3. The Morgan fingerprint density at radius 2 is 1.91 bits per heavy atom. The van der Waals surface area contributed by atoms with Crippen LogP contribution in [0.5, 0.6) is 5.75 Å².